The van der Waals surface area contributed by atoms with Crippen LogP contribution in [0.15, 0.2) is 54.6 Å². The number of fused-ring (bicyclic) bond motifs is 1. The number of benzene rings is 2. The van der Waals surface area contributed by atoms with Crippen molar-refractivity contribution in [3.05, 3.63) is 65.7 Å². The van der Waals surface area contributed by atoms with Crippen molar-refractivity contribution in [2.75, 3.05) is 0 Å². The van der Waals surface area contributed by atoms with E-state index in [4.69, 9.17) is 0 Å². The molecule has 20 heavy (non-hydrogen) atoms. The SMILES string of the molecule is Cc1ccc(-c2ccc3ccccc3n2)cc1C(=O)O. The Bertz CT molecular complexity index is 809. The van der Waals surface area contributed by atoms with Crippen LogP contribution in [-0.2, 0) is 0 Å². The average molecular weight is 263 g/mol. The summed E-state index contributed by atoms with van der Waals surface area (Å²) in [7, 11) is 0. The van der Waals surface area contributed by atoms with E-state index < -0.39 is 5.97 Å². The summed E-state index contributed by atoms with van der Waals surface area (Å²) in [5, 5.41) is 10.3. The van der Waals surface area contributed by atoms with E-state index in [-0.39, 0.29) is 0 Å². The number of nitrogens with zero attached hydrogens (tertiary/aromatic N) is 1. The summed E-state index contributed by atoms with van der Waals surface area (Å²) in [5.74, 6) is -0.912. The molecule has 0 fully saturated rings. The van der Waals surface area contributed by atoms with Crippen LogP contribution in [0.5, 0.6) is 0 Å². The van der Waals surface area contributed by atoms with E-state index in [1.54, 1.807) is 13.0 Å². The summed E-state index contributed by atoms with van der Waals surface area (Å²) < 4.78 is 0. The number of pyridine rings is 1. The Morgan fingerprint density at radius 2 is 1.85 bits per heavy atom. The molecular formula is C17H13NO2. The lowest BCUT2D eigenvalue weighted by Crippen LogP contribution is -2.00. The molecule has 1 heterocycles. The lowest BCUT2D eigenvalue weighted by Gasteiger charge is -2.06. The van der Waals surface area contributed by atoms with Gasteiger partial charge in [0.25, 0.3) is 0 Å². The van der Waals surface area contributed by atoms with Crippen LogP contribution >= 0.6 is 0 Å². The largest absolute Gasteiger partial charge is 0.478 e. The highest BCUT2D eigenvalue weighted by atomic mass is 16.4. The van der Waals surface area contributed by atoms with Crippen LogP contribution < -0.4 is 0 Å². The molecule has 0 bridgehead atoms. The van der Waals surface area contributed by atoms with Gasteiger partial charge in [-0.1, -0.05) is 36.4 Å². The van der Waals surface area contributed by atoms with E-state index in [9.17, 15) is 9.90 Å². The van der Waals surface area contributed by atoms with E-state index in [0.29, 0.717) is 5.56 Å². The molecule has 0 saturated carbocycles. The van der Waals surface area contributed by atoms with Crippen LogP contribution in [0.25, 0.3) is 22.2 Å². The molecule has 0 aliphatic rings. The maximum Gasteiger partial charge on any atom is 0.335 e. The highest BCUT2D eigenvalue weighted by molar-refractivity contribution is 5.91. The number of carbonyl (C=O) groups is 1. The van der Waals surface area contributed by atoms with E-state index >= 15 is 0 Å². The fraction of sp³-hybridized carbons (Fsp3) is 0.0588. The Labute approximate surface area is 116 Å². The molecule has 0 aliphatic heterocycles. The Morgan fingerprint density at radius 1 is 1.05 bits per heavy atom. The number of carboxylic acids is 1. The van der Waals surface area contributed by atoms with E-state index in [1.165, 1.54) is 0 Å². The predicted octanol–water partition coefficient (Wildman–Crippen LogP) is 3.91. The molecule has 3 rings (SSSR count). The summed E-state index contributed by atoms with van der Waals surface area (Å²) in [6.45, 7) is 1.79. The molecular weight excluding hydrogens is 250 g/mol. The maximum absolute atomic E-state index is 11.2. The number of carboxylic acid groups (broad SMARTS) is 1. The van der Waals surface area contributed by atoms with Gasteiger partial charge in [-0.3, -0.25) is 0 Å². The second kappa shape index (κ2) is 4.78. The number of aryl methyl sites for hydroxylation is 1. The summed E-state index contributed by atoms with van der Waals surface area (Å²) in [6, 6.07) is 17.2. The topological polar surface area (TPSA) is 50.2 Å². The Kier molecular flexibility index (Phi) is 2.95. The minimum Gasteiger partial charge on any atom is -0.478 e. The van der Waals surface area contributed by atoms with Crippen molar-refractivity contribution < 1.29 is 9.90 Å². The first-order valence-corrected chi connectivity index (χ1v) is 6.35. The molecule has 1 aromatic heterocycles. The summed E-state index contributed by atoms with van der Waals surface area (Å²) >= 11 is 0. The number of hydrogen-bond acceptors (Lipinski definition) is 2. The minimum absolute atomic E-state index is 0.317. The van der Waals surface area contributed by atoms with E-state index in [0.717, 1.165) is 27.7 Å². The van der Waals surface area contributed by atoms with Crippen molar-refractivity contribution in [3.63, 3.8) is 0 Å². The zero-order valence-corrected chi connectivity index (χ0v) is 11.0. The van der Waals surface area contributed by atoms with Gasteiger partial charge in [0.15, 0.2) is 0 Å². The van der Waals surface area contributed by atoms with Gasteiger partial charge in [-0.25, -0.2) is 9.78 Å². The molecule has 1 N–H and O–H groups in total. The quantitative estimate of drug-likeness (QED) is 0.762. The molecule has 0 spiro atoms. The molecule has 0 saturated heterocycles. The smallest absolute Gasteiger partial charge is 0.335 e. The first kappa shape index (κ1) is 12.4. The van der Waals surface area contributed by atoms with E-state index in [2.05, 4.69) is 4.98 Å². The number of rotatable bonds is 2. The summed E-state index contributed by atoms with van der Waals surface area (Å²) in [4.78, 5) is 15.8. The zero-order valence-electron chi connectivity index (χ0n) is 11.0. The van der Waals surface area contributed by atoms with Gasteiger partial charge in [-0.05, 0) is 30.7 Å². The van der Waals surface area contributed by atoms with Crippen molar-refractivity contribution >= 4 is 16.9 Å². The zero-order chi connectivity index (χ0) is 14.1. The Balaban J connectivity index is 2.15. The monoisotopic (exact) mass is 263 g/mol. The van der Waals surface area contributed by atoms with Crippen molar-refractivity contribution in [1.29, 1.82) is 0 Å². The number of aromatic carboxylic acids is 1. The third-order valence-corrected chi connectivity index (χ3v) is 3.36. The lowest BCUT2D eigenvalue weighted by atomic mass is 10.0. The van der Waals surface area contributed by atoms with Gasteiger partial charge >= 0.3 is 5.97 Å². The fourth-order valence-electron chi connectivity index (χ4n) is 2.24. The average Bonchev–Trinajstić information content (AvgIpc) is 2.47. The highest BCUT2D eigenvalue weighted by Crippen LogP contribution is 2.23. The normalized spacial score (nSPS) is 10.7. The molecule has 98 valence electrons. The van der Waals surface area contributed by atoms with Gasteiger partial charge in [0.1, 0.15) is 0 Å². The van der Waals surface area contributed by atoms with Crippen molar-refractivity contribution in [1.82, 2.24) is 4.98 Å². The van der Waals surface area contributed by atoms with Crippen LogP contribution in [0.3, 0.4) is 0 Å². The number of aromatic nitrogens is 1. The molecule has 3 nitrogen and oxygen atoms in total. The van der Waals surface area contributed by atoms with Gasteiger partial charge in [-0.15, -0.1) is 0 Å². The standard InChI is InChI=1S/C17H13NO2/c1-11-6-7-13(10-14(11)17(19)20)16-9-8-12-4-2-3-5-15(12)18-16/h2-10H,1H3,(H,19,20). The minimum atomic E-state index is -0.912. The molecule has 0 radical (unpaired) electrons. The lowest BCUT2D eigenvalue weighted by molar-refractivity contribution is 0.0696. The van der Waals surface area contributed by atoms with Gasteiger partial charge in [0, 0.05) is 10.9 Å². The molecule has 0 aliphatic carbocycles. The van der Waals surface area contributed by atoms with Gasteiger partial charge < -0.3 is 5.11 Å². The van der Waals surface area contributed by atoms with Crippen LogP contribution in [-0.4, -0.2) is 16.1 Å². The number of para-hydroxylation sites is 1. The number of hydrogen-bond donors (Lipinski definition) is 1. The second-order valence-corrected chi connectivity index (χ2v) is 4.72. The molecule has 0 amide bonds. The highest BCUT2D eigenvalue weighted by Gasteiger charge is 2.09. The fourth-order valence-corrected chi connectivity index (χ4v) is 2.24. The van der Waals surface area contributed by atoms with Crippen molar-refractivity contribution in [3.8, 4) is 11.3 Å². The van der Waals surface area contributed by atoms with Gasteiger partial charge in [0.2, 0.25) is 0 Å². The summed E-state index contributed by atoms with van der Waals surface area (Å²) in [5.41, 5.74) is 3.58. The molecule has 3 heteroatoms. The third kappa shape index (κ3) is 2.14. The van der Waals surface area contributed by atoms with Gasteiger partial charge in [-0.2, -0.15) is 0 Å². The van der Waals surface area contributed by atoms with Crippen LogP contribution in [0.2, 0.25) is 0 Å². The molecule has 3 aromatic rings. The van der Waals surface area contributed by atoms with Crippen LogP contribution in [0, 0.1) is 6.92 Å². The first-order valence-electron chi connectivity index (χ1n) is 6.35. The molecule has 2 aromatic carbocycles. The predicted molar refractivity (Wildman–Crippen MR) is 78.9 cm³/mol. The molecule has 0 atom stereocenters. The maximum atomic E-state index is 11.2. The van der Waals surface area contributed by atoms with Gasteiger partial charge in [0.05, 0.1) is 16.8 Å². The van der Waals surface area contributed by atoms with Crippen LogP contribution in [0.4, 0.5) is 0 Å². The second-order valence-electron chi connectivity index (χ2n) is 4.72. The van der Waals surface area contributed by atoms with Crippen molar-refractivity contribution in [2.24, 2.45) is 0 Å². The Morgan fingerprint density at radius 3 is 2.65 bits per heavy atom. The van der Waals surface area contributed by atoms with Crippen LogP contribution in [0.1, 0.15) is 15.9 Å². The van der Waals surface area contributed by atoms with E-state index in [1.807, 2.05) is 48.5 Å². The molecule has 0 unspecified atom stereocenters. The summed E-state index contributed by atoms with van der Waals surface area (Å²) in [6.07, 6.45) is 0. The van der Waals surface area contributed by atoms with Crippen molar-refractivity contribution in [2.45, 2.75) is 6.92 Å². The Hall–Kier alpha value is -2.68. The third-order valence-electron chi connectivity index (χ3n) is 3.36. The first-order chi connectivity index (χ1) is 9.65.